The van der Waals surface area contributed by atoms with E-state index in [1.807, 2.05) is 0 Å². The van der Waals surface area contributed by atoms with Gasteiger partial charge in [0, 0.05) is 6.07 Å². The minimum atomic E-state index is -3.67. The van der Waals surface area contributed by atoms with Crippen molar-refractivity contribution < 1.29 is 13.1 Å². The quantitative estimate of drug-likeness (QED) is 0.639. The summed E-state index contributed by atoms with van der Waals surface area (Å²) in [6.45, 7) is 0. The highest BCUT2D eigenvalue weighted by Gasteiger charge is 2.24. The van der Waals surface area contributed by atoms with Crippen LogP contribution in [0.1, 0.15) is 5.56 Å². The number of aromatic nitrogens is 1. The Morgan fingerprint density at radius 1 is 1.11 bits per heavy atom. The van der Waals surface area contributed by atoms with Crippen LogP contribution in [0.15, 0.2) is 53.7 Å². The van der Waals surface area contributed by atoms with E-state index in [0.29, 0.717) is 5.56 Å². The summed E-state index contributed by atoms with van der Waals surface area (Å²) in [6, 6.07) is 11.3. The van der Waals surface area contributed by atoms with E-state index < -0.39 is 9.84 Å². The lowest BCUT2D eigenvalue weighted by molar-refractivity contribution is -0.646. The van der Waals surface area contributed by atoms with Gasteiger partial charge in [0.05, 0.1) is 5.75 Å². The molecule has 2 aromatic rings. The maximum atomic E-state index is 12.1. The Bertz CT molecular complexity index is 656. The van der Waals surface area contributed by atoms with Crippen LogP contribution in [-0.4, -0.2) is 8.42 Å². The molecule has 0 aliphatic rings. The molecule has 0 saturated heterocycles. The number of pyridine rings is 1. The second kappa shape index (κ2) is 4.96. The molecule has 2 rings (SSSR count). The molecule has 0 radical (unpaired) electrons. The Hall–Kier alpha value is -1.59. The molecule has 0 aliphatic heterocycles. The molecule has 0 atom stereocenters. The van der Waals surface area contributed by atoms with Gasteiger partial charge in [-0.3, -0.25) is 0 Å². The maximum Gasteiger partial charge on any atom is 0.309 e. The van der Waals surface area contributed by atoms with Gasteiger partial charge in [-0.25, -0.2) is 8.42 Å². The summed E-state index contributed by atoms with van der Waals surface area (Å²) in [5.41, 5.74) is 0.632. The summed E-state index contributed by atoms with van der Waals surface area (Å²) in [6.07, 6.45) is 1.03. The number of rotatable bonds is 3. The fourth-order valence-electron chi connectivity index (χ4n) is 1.55. The molecule has 1 aromatic carbocycles. The van der Waals surface area contributed by atoms with Gasteiger partial charge in [0.25, 0.3) is 0 Å². The molecule has 94 valence electrons. The van der Waals surface area contributed by atoms with Gasteiger partial charge in [0.15, 0.2) is 6.20 Å². The minimum absolute atomic E-state index is 0.198. The van der Waals surface area contributed by atoms with E-state index in [9.17, 15) is 13.6 Å². The first kappa shape index (κ1) is 12.9. The average molecular weight is 284 g/mol. The molecule has 0 aliphatic carbocycles. The third-order valence-corrected chi connectivity index (χ3v) is 4.25. The lowest BCUT2D eigenvalue weighted by atomic mass is 10.2. The van der Waals surface area contributed by atoms with E-state index in [1.165, 1.54) is 12.1 Å². The standard InChI is InChI=1S/C12H10ClNO3S/c13-11-6-7-12(14(15)8-11)18(16,17)9-10-4-2-1-3-5-10/h1-8H,9H2. The third-order valence-electron chi connectivity index (χ3n) is 2.36. The smallest absolute Gasteiger partial charge is 0.309 e. The number of halogens is 1. The lowest BCUT2D eigenvalue weighted by Crippen LogP contribution is -2.33. The molecule has 4 nitrogen and oxygen atoms in total. The van der Waals surface area contributed by atoms with Crippen LogP contribution < -0.4 is 4.73 Å². The van der Waals surface area contributed by atoms with Gasteiger partial charge in [-0.15, -0.1) is 0 Å². The highest BCUT2D eigenvalue weighted by molar-refractivity contribution is 7.90. The summed E-state index contributed by atoms with van der Waals surface area (Å²) in [5.74, 6) is -0.211. The van der Waals surface area contributed by atoms with Gasteiger partial charge in [0.2, 0.25) is 9.84 Å². The predicted molar refractivity (Wildman–Crippen MR) is 67.7 cm³/mol. The van der Waals surface area contributed by atoms with Crippen LogP contribution in [0.4, 0.5) is 0 Å². The van der Waals surface area contributed by atoms with Crippen LogP contribution in [0, 0.1) is 5.21 Å². The molecular formula is C12H10ClNO3S. The Kier molecular flexibility index (Phi) is 3.54. The average Bonchev–Trinajstić information content (AvgIpc) is 2.29. The SMILES string of the molecule is O=S(=O)(Cc1ccccc1)c1ccc(Cl)c[n+]1[O-]. The molecule has 0 spiro atoms. The van der Waals surface area contributed by atoms with E-state index in [2.05, 4.69) is 0 Å². The number of hydrogen-bond acceptors (Lipinski definition) is 3. The fraction of sp³-hybridized carbons (Fsp3) is 0.0833. The molecular weight excluding hydrogens is 274 g/mol. The number of benzene rings is 1. The van der Waals surface area contributed by atoms with Crippen LogP contribution >= 0.6 is 11.6 Å². The van der Waals surface area contributed by atoms with Crippen molar-refractivity contribution in [3.05, 3.63) is 64.5 Å². The molecule has 0 fully saturated rings. The monoisotopic (exact) mass is 283 g/mol. The van der Waals surface area contributed by atoms with Gasteiger partial charge in [-0.2, -0.15) is 4.73 Å². The zero-order chi connectivity index (χ0) is 13.2. The van der Waals surface area contributed by atoms with E-state index in [1.54, 1.807) is 30.3 Å². The van der Waals surface area contributed by atoms with E-state index >= 15 is 0 Å². The zero-order valence-electron chi connectivity index (χ0n) is 9.28. The van der Waals surface area contributed by atoms with Crippen LogP contribution in [0.25, 0.3) is 0 Å². The molecule has 0 bridgehead atoms. The van der Waals surface area contributed by atoms with Crippen molar-refractivity contribution in [3.8, 4) is 0 Å². The van der Waals surface area contributed by atoms with Gasteiger partial charge >= 0.3 is 5.03 Å². The van der Waals surface area contributed by atoms with Gasteiger partial charge < -0.3 is 5.21 Å². The zero-order valence-corrected chi connectivity index (χ0v) is 10.9. The minimum Gasteiger partial charge on any atom is -0.618 e. The summed E-state index contributed by atoms with van der Waals surface area (Å²) >= 11 is 5.61. The first-order valence-corrected chi connectivity index (χ1v) is 7.17. The summed E-state index contributed by atoms with van der Waals surface area (Å²) in [4.78, 5) is 0. The van der Waals surface area contributed by atoms with E-state index in [4.69, 9.17) is 11.6 Å². The maximum absolute atomic E-state index is 12.1. The Balaban J connectivity index is 2.37. The normalized spacial score (nSPS) is 11.4. The lowest BCUT2D eigenvalue weighted by Gasteiger charge is -2.05. The summed E-state index contributed by atoms with van der Waals surface area (Å²) in [5, 5.41) is 11.4. The topological polar surface area (TPSA) is 61.1 Å². The van der Waals surface area contributed by atoms with Crippen LogP contribution in [0.5, 0.6) is 0 Å². The fourth-order valence-corrected chi connectivity index (χ4v) is 3.08. The summed E-state index contributed by atoms with van der Waals surface area (Å²) < 4.78 is 24.4. The van der Waals surface area contributed by atoms with Gasteiger partial charge in [-0.1, -0.05) is 41.9 Å². The Morgan fingerprint density at radius 3 is 2.39 bits per heavy atom. The van der Waals surface area contributed by atoms with Crippen LogP contribution in [0.3, 0.4) is 0 Å². The van der Waals surface area contributed by atoms with Crippen LogP contribution in [-0.2, 0) is 15.6 Å². The molecule has 18 heavy (non-hydrogen) atoms. The Labute approximate surface area is 110 Å². The number of hydrogen-bond donors (Lipinski definition) is 0. The van der Waals surface area contributed by atoms with E-state index in [0.717, 1.165) is 6.20 Å². The van der Waals surface area contributed by atoms with Crippen molar-refractivity contribution in [2.75, 3.05) is 0 Å². The summed E-state index contributed by atoms with van der Waals surface area (Å²) in [7, 11) is -3.67. The van der Waals surface area contributed by atoms with Gasteiger partial charge in [0.1, 0.15) is 5.02 Å². The highest BCUT2D eigenvalue weighted by atomic mass is 35.5. The van der Waals surface area contributed by atoms with Gasteiger partial charge in [-0.05, 0) is 11.6 Å². The van der Waals surface area contributed by atoms with Crippen molar-refractivity contribution in [2.24, 2.45) is 0 Å². The predicted octanol–water partition coefficient (Wildman–Crippen LogP) is 1.95. The molecule has 0 amide bonds. The molecule has 1 aromatic heterocycles. The van der Waals surface area contributed by atoms with E-state index in [-0.39, 0.29) is 20.5 Å². The largest absolute Gasteiger partial charge is 0.618 e. The Morgan fingerprint density at radius 2 is 1.78 bits per heavy atom. The van der Waals surface area contributed by atoms with Crippen LogP contribution in [0.2, 0.25) is 5.02 Å². The molecule has 0 N–H and O–H groups in total. The molecule has 0 unspecified atom stereocenters. The van der Waals surface area contributed by atoms with Crippen molar-refractivity contribution in [1.29, 1.82) is 0 Å². The number of sulfone groups is 1. The molecule has 1 heterocycles. The third kappa shape index (κ3) is 2.80. The second-order valence-electron chi connectivity index (χ2n) is 3.76. The molecule has 6 heteroatoms. The van der Waals surface area contributed by atoms with Crippen molar-refractivity contribution in [3.63, 3.8) is 0 Å². The highest BCUT2D eigenvalue weighted by Crippen LogP contribution is 2.14. The first-order valence-electron chi connectivity index (χ1n) is 5.14. The van der Waals surface area contributed by atoms with Crippen molar-refractivity contribution in [1.82, 2.24) is 0 Å². The van der Waals surface area contributed by atoms with Crippen molar-refractivity contribution in [2.45, 2.75) is 10.8 Å². The first-order chi connectivity index (χ1) is 8.49. The van der Waals surface area contributed by atoms with Crippen molar-refractivity contribution >= 4 is 21.4 Å². The molecule has 0 saturated carbocycles. The number of nitrogens with zero attached hydrogens (tertiary/aromatic N) is 1. The second-order valence-corrected chi connectivity index (χ2v) is 6.13.